The van der Waals surface area contributed by atoms with E-state index in [0.717, 1.165) is 24.1 Å². The Hall–Kier alpha value is -1.65. The molecule has 0 saturated heterocycles. The maximum absolute atomic E-state index is 6.22. The van der Waals surface area contributed by atoms with Gasteiger partial charge in [-0.15, -0.1) is 0 Å². The SMILES string of the molecule is Cc1nc2ncnn2c(N)c1CCC(C)(C)CC(C)C. The van der Waals surface area contributed by atoms with Gasteiger partial charge in [0.15, 0.2) is 0 Å². The van der Waals surface area contributed by atoms with E-state index in [1.165, 1.54) is 12.7 Å². The second-order valence-corrected chi connectivity index (χ2v) is 6.80. The highest BCUT2D eigenvalue weighted by Crippen LogP contribution is 2.32. The van der Waals surface area contributed by atoms with Crippen molar-refractivity contribution in [3.63, 3.8) is 0 Å². The fourth-order valence-corrected chi connectivity index (χ4v) is 2.99. The zero-order valence-electron chi connectivity index (χ0n) is 13.1. The molecule has 0 fully saturated rings. The summed E-state index contributed by atoms with van der Waals surface area (Å²) in [5.74, 6) is 1.95. The Morgan fingerprint density at radius 3 is 2.70 bits per heavy atom. The summed E-state index contributed by atoms with van der Waals surface area (Å²) in [4.78, 5) is 8.56. The summed E-state index contributed by atoms with van der Waals surface area (Å²) in [6.07, 6.45) is 4.73. The van der Waals surface area contributed by atoms with E-state index in [1.807, 2.05) is 6.92 Å². The molecule has 0 atom stereocenters. The lowest BCUT2D eigenvalue weighted by Crippen LogP contribution is -2.17. The number of anilines is 1. The molecular formula is C15H25N5. The maximum Gasteiger partial charge on any atom is 0.254 e. The molecule has 0 aromatic carbocycles. The van der Waals surface area contributed by atoms with Crippen LogP contribution in [0.2, 0.25) is 0 Å². The van der Waals surface area contributed by atoms with Crippen molar-refractivity contribution in [2.45, 2.75) is 53.9 Å². The van der Waals surface area contributed by atoms with Crippen molar-refractivity contribution in [1.82, 2.24) is 19.6 Å². The lowest BCUT2D eigenvalue weighted by Gasteiger charge is -2.27. The molecule has 5 heteroatoms. The highest BCUT2D eigenvalue weighted by molar-refractivity contribution is 5.49. The number of hydrogen-bond acceptors (Lipinski definition) is 4. The predicted octanol–water partition coefficient (Wildman–Crippen LogP) is 3.02. The molecule has 2 N–H and O–H groups in total. The Bertz CT molecular complexity index is 598. The van der Waals surface area contributed by atoms with Gasteiger partial charge in [0.25, 0.3) is 5.78 Å². The van der Waals surface area contributed by atoms with Gasteiger partial charge >= 0.3 is 0 Å². The first-order valence-corrected chi connectivity index (χ1v) is 7.25. The minimum absolute atomic E-state index is 0.310. The molecule has 0 unspecified atom stereocenters. The van der Waals surface area contributed by atoms with E-state index in [1.54, 1.807) is 4.52 Å². The van der Waals surface area contributed by atoms with Gasteiger partial charge in [0.2, 0.25) is 0 Å². The van der Waals surface area contributed by atoms with Crippen molar-refractivity contribution in [2.75, 3.05) is 5.73 Å². The van der Waals surface area contributed by atoms with Gasteiger partial charge in [-0.25, -0.2) is 4.98 Å². The Kier molecular flexibility index (Phi) is 3.97. The van der Waals surface area contributed by atoms with E-state index in [9.17, 15) is 0 Å². The van der Waals surface area contributed by atoms with Gasteiger partial charge in [0.1, 0.15) is 12.1 Å². The van der Waals surface area contributed by atoms with Crippen LogP contribution in [0.15, 0.2) is 6.33 Å². The predicted molar refractivity (Wildman–Crippen MR) is 81.5 cm³/mol. The first-order valence-electron chi connectivity index (χ1n) is 7.25. The molecule has 0 aliphatic heterocycles. The summed E-state index contributed by atoms with van der Waals surface area (Å²) >= 11 is 0. The molecule has 2 aromatic heterocycles. The van der Waals surface area contributed by atoms with Gasteiger partial charge in [0.05, 0.1) is 0 Å². The van der Waals surface area contributed by atoms with Crippen molar-refractivity contribution in [2.24, 2.45) is 11.3 Å². The summed E-state index contributed by atoms with van der Waals surface area (Å²) in [6.45, 7) is 11.2. The molecule has 0 saturated carbocycles. The standard InChI is InChI=1S/C15H25N5/c1-10(2)8-15(4,5)7-6-12-11(3)19-14-17-9-18-20(14)13(12)16/h9-10H,6-8,16H2,1-5H3. The Labute approximate surface area is 120 Å². The second kappa shape index (κ2) is 5.38. The molecular weight excluding hydrogens is 250 g/mol. The van der Waals surface area contributed by atoms with E-state index < -0.39 is 0 Å². The topological polar surface area (TPSA) is 69.1 Å². The fourth-order valence-electron chi connectivity index (χ4n) is 2.99. The molecule has 0 amide bonds. The van der Waals surface area contributed by atoms with Crippen molar-refractivity contribution >= 4 is 11.6 Å². The fraction of sp³-hybridized carbons (Fsp3) is 0.667. The third-order valence-corrected chi connectivity index (χ3v) is 3.78. The largest absolute Gasteiger partial charge is 0.383 e. The molecule has 2 heterocycles. The third kappa shape index (κ3) is 3.08. The molecule has 20 heavy (non-hydrogen) atoms. The van der Waals surface area contributed by atoms with Crippen LogP contribution in [0.5, 0.6) is 0 Å². The molecule has 110 valence electrons. The summed E-state index contributed by atoms with van der Waals surface area (Å²) in [5.41, 5.74) is 8.58. The van der Waals surface area contributed by atoms with Crippen LogP contribution in [0.1, 0.15) is 51.8 Å². The average molecular weight is 275 g/mol. The molecule has 0 spiro atoms. The van der Waals surface area contributed by atoms with Crippen LogP contribution in [0, 0.1) is 18.3 Å². The smallest absolute Gasteiger partial charge is 0.254 e. The number of aryl methyl sites for hydroxylation is 1. The van der Waals surface area contributed by atoms with E-state index in [2.05, 4.69) is 42.8 Å². The van der Waals surface area contributed by atoms with Crippen molar-refractivity contribution in [3.05, 3.63) is 17.6 Å². The maximum atomic E-state index is 6.22. The first kappa shape index (κ1) is 14.8. The minimum atomic E-state index is 0.310. The van der Waals surface area contributed by atoms with E-state index >= 15 is 0 Å². The molecule has 0 aliphatic rings. The molecule has 2 aromatic rings. The van der Waals surface area contributed by atoms with Crippen LogP contribution in [-0.4, -0.2) is 19.6 Å². The number of aromatic nitrogens is 4. The van der Waals surface area contributed by atoms with Crippen molar-refractivity contribution in [3.8, 4) is 0 Å². The zero-order valence-corrected chi connectivity index (χ0v) is 13.1. The van der Waals surface area contributed by atoms with Crippen LogP contribution in [-0.2, 0) is 6.42 Å². The molecule has 0 radical (unpaired) electrons. The summed E-state index contributed by atoms with van der Waals surface area (Å²) in [5, 5.41) is 4.13. The second-order valence-electron chi connectivity index (χ2n) is 6.80. The molecule has 0 aliphatic carbocycles. The Balaban J connectivity index is 2.21. The lowest BCUT2D eigenvalue weighted by atomic mass is 9.79. The number of nitrogens with zero attached hydrogens (tertiary/aromatic N) is 4. The van der Waals surface area contributed by atoms with Gasteiger partial charge in [0, 0.05) is 11.3 Å². The first-order chi connectivity index (χ1) is 9.30. The summed E-state index contributed by atoms with van der Waals surface area (Å²) < 4.78 is 1.62. The number of nitrogen functional groups attached to an aromatic ring is 1. The molecule has 2 rings (SSSR count). The van der Waals surface area contributed by atoms with Crippen LogP contribution in [0.3, 0.4) is 0 Å². The summed E-state index contributed by atoms with van der Waals surface area (Å²) in [6, 6.07) is 0. The molecule has 5 nitrogen and oxygen atoms in total. The zero-order chi connectivity index (χ0) is 14.9. The minimum Gasteiger partial charge on any atom is -0.383 e. The number of hydrogen-bond donors (Lipinski definition) is 1. The van der Waals surface area contributed by atoms with Crippen LogP contribution in [0.25, 0.3) is 5.78 Å². The van der Waals surface area contributed by atoms with Crippen LogP contribution < -0.4 is 5.73 Å². The van der Waals surface area contributed by atoms with Crippen molar-refractivity contribution in [1.29, 1.82) is 0 Å². The van der Waals surface area contributed by atoms with Gasteiger partial charge in [-0.05, 0) is 37.5 Å². The normalized spacial score (nSPS) is 12.5. The van der Waals surface area contributed by atoms with Gasteiger partial charge < -0.3 is 5.73 Å². The molecule has 0 bridgehead atoms. The van der Waals surface area contributed by atoms with Crippen LogP contribution >= 0.6 is 0 Å². The van der Waals surface area contributed by atoms with E-state index in [4.69, 9.17) is 5.73 Å². The van der Waals surface area contributed by atoms with E-state index in [-0.39, 0.29) is 0 Å². The van der Waals surface area contributed by atoms with Crippen LogP contribution in [0.4, 0.5) is 5.82 Å². The summed E-state index contributed by atoms with van der Waals surface area (Å²) in [7, 11) is 0. The van der Waals surface area contributed by atoms with Crippen molar-refractivity contribution < 1.29 is 0 Å². The Morgan fingerprint density at radius 2 is 2.05 bits per heavy atom. The Morgan fingerprint density at radius 1 is 1.35 bits per heavy atom. The highest BCUT2D eigenvalue weighted by Gasteiger charge is 2.21. The number of rotatable bonds is 5. The quantitative estimate of drug-likeness (QED) is 0.910. The number of nitrogens with two attached hydrogens (primary N) is 1. The number of fused-ring (bicyclic) bond motifs is 1. The third-order valence-electron chi connectivity index (χ3n) is 3.78. The van der Waals surface area contributed by atoms with Gasteiger partial charge in [-0.2, -0.15) is 14.6 Å². The lowest BCUT2D eigenvalue weighted by molar-refractivity contribution is 0.266. The van der Waals surface area contributed by atoms with E-state index in [0.29, 0.717) is 22.9 Å². The highest BCUT2D eigenvalue weighted by atomic mass is 15.3. The monoisotopic (exact) mass is 275 g/mol. The van der Waals surface area contributed by atoms with Gasteiger partial charge in [-0.3, -0.25) is 0 Å². The van der Waals surface area contributed by atoms with Gasteiger partial charge in [-0.1, -0.05) is 27.7 Å². The average Bonchev–Trinajstić information content (AvgIpc) is 2.74.